The summed E-state index contributed by atoms with van der Waals surface area (Å²) in [6, 6.07) is 2.55. The van der Waals surface area contributed by atoms with E-state index in [4.69, 9.17) is 5.73 Å². The summed E-state index contributed by atoms with van der Waals surface area (Å²) in [5.41, 5.74) is 5.54. The number of hydrogen-bond acceptors (Lipinski definition) is 3. The number of nitrogens with two attached hydrogens (primary N) is 1. The van der Waals surface area contributed by atoms with Gasteiger partial charge >= 0.3 is 0 Å². The van der Waals surface area contributed by atoms with Crippen molar-refractivity contribution < 1.29 is 17.2 Å². The number of rotatable bonds is 3. The first-order valence-electron chi connectivity index (χ1n) is 5.86. The third-order valence-corrected chi connectivity index (χ3v) is 5.85. The smallest absolute Gasteiger partial charge is 0.184 e. The van der Waals surface area contributed by atoms with Crippen LogP contribution in [0.4, 0.5) is 8.78 Å². The Balaban J connectivity index is 2.42. The third kappa shape index (κ3) is 2.27. The van der Waals surface area contributed by atoms with Gasteiger partial charge in [0.2, 0.25) is 0 Å². The molecule has 1 aromatic rings. The molecule has 100 valence electrons. The van der Waals surface area contributed by atoms with Crippen molar-refractivity contribution >= 4 is 9.84 Å². The summed E-state index contributed by atoms with van der Waals surface area (Å²) in [6.45, 7) is 0.271. The van der Waals surface area contributed by atoms with E-state index in [9.17, 15) is 17.2 Å². The lowest BCUT2D eigenvalue weighted by molar-refractivity contribution is 0.512. The molecule has 6 heteroatoms. The first-order valence-corrected chi connectivity index (χ1v) is 7.40. The predicted octanol–water partition coefficient (Wildman–Crippen LogP) is 1.87. The van der Waals surface area contributed by atoms with Crippen LogP contribution < -0.4 is 5.73 Å². The highest BCUT2D eigenvalue weighted by atomic mass is 32.2. The molecule has 0 aromatic heterocycles. The molecule has 18 heavy (non-hydrogen) atoms. The fourth-order valence-corrected chi connectivity index (χ4v) is 4.70. The van der Waals surface area contributed by atoms with E-state index in [1.165, 1.54) is 0 Å². The molecule has 0 amide bonds. The van der Waals surface area contributed by atoms with Crippen LogP contribution in [-0.4, -0.2) is 20.2 Å². The van der Waals surface area contributed by atoms with Gasteiger partial charge in [-0.25, -0.2) is 17.2 Å². The Bertz CT molecular complexity index is 545. The molecule has 2 unspecified atom stereocenters. The molecule has 0 bridgehead atoms. The van der Waals surface area contributed by atoms with Crippen molar-refractivity contribution in [2.24, 2.45) is 11.7 Å². The Hall–Kier alpha value is -1.01. The van der Waals surface area contributed by atoms with Crippen LogP contribution in [0.25, 0.3) is 0 Å². The van der Waals surface area contributed by atoms with Crippen LogP contribution in [0.2, 0.25) is 0 Å². The fourth-order valence-electron chi connectivity index (χ4n) is 2.55. The molecule has 0 radical (unpaired) electrons. The van der Waals surface area contributed by atoms with Crippen molar-refractivity contribution in [3.63, 3.8) is 0 Å². The van der Waals surface area contributed by atoms with Crippen molar-refractivity contribution in [1.82, 2.24) is 0 Å². The summed E-state index contributed by atoms with van der Waals surface area (Å²) in [5, 5.41) is -0.650. The van der Waals surface area contributed by atoms with Gasteiger partial charge in [-0.3, -0.25) is 0 Å². The summed E-state index contributed by atoms with van der Waals surface area (Å²) in [4.78, 5) is -0.422. The van der Waals surface area contributed by atoms with Crippen LogP contribution in [-0.2, 0) is 9.84 Å². The van der Waals surface area contributed by atoms with Crippen molar-refractivity contribution in [3.05, 3.63) is 29.8 Å². The number of hydrogen-bond donors (Lipinski definition) is 1. The van der Waals surface area contributed by atoms with Crippen LogP contribution in [0.15, 0.2) is 23.1 Å². The third-order valence-electron chi connectivity index (χ3n) is 3.49. The zero-order valence-electron chi connectivity index (χ0n) is 9.77. The average molecular weight is 275 g/mol. The maximum Gasteiger partial charge on any atom is 0.184 e. The van der Waals surface area contributed by atoms with Gasteiger partial charge < -0.3 is 5.73 Å². The zero-order chi connectivity index (χ0) is 13.3. The largest absolute Gasteiger partial charge is 0.330 e. The van der Waals surface area contributed by atoms with Crippen molar-refractivity contribution in [2.45, 2.75) is 29.4 Å². The Kier molecular flexibility index (Phi) is 3.68. The van der Waals surface area contributed by atoms with Crippen molar-refractivity contribution in [2.75, 3.05) is 6.54 Å². The van der Waals surface area contributed by atoms with Gasteiger partial charge in [0, 0.05) is 6.07 Å². The minimum Gasteiger partial charge on any atom is -0.330 e. The summed E-state index contributed by atoms with van der Waals surface area (Å²) >= 11 is 0. The topological polar surface area (TPSA) is 60.2 Å². The molecule has 1 aliphatic rings. The average Bonchev–Trinajstić information content (AvgIpc) is 2.76. The number of sulfone groups is 1. The highest BCUT2D eigenvalue weighted by molar-refractivity contribution is 7.92. The molecule has 0 saturated heterocycles. The lowest BCUT2D eigenvalue weighted by Gasteiger charge is -2.18. The van der Waals surface area contributed by atoms with Gasteiger partial charge in [0.05, 0.1) is 5.25 Å². The second-order valence-electron chi connectivity index (χ2n) is 4.58. The van der Waals surface area contributed by atoms with Gasteiger partial charge in [0.25, 0.3) is 0 Å². The summed E-state index contributed by atoms with van der Waals surface area (Å²) in [5.74, 6) is -1.95. The summed E-state index contributed by atoms with van der Waals surface area (Å²) in [7, 11) is -3.77. The van der Waals surface area contributed by atoms with Crippen LogP contribution in [0, 0.1) is 17.6 Å². The van der Waals surface area contributed by atoms with E-state index in [0.717, 1.165) is 25.0 Å². The minimum atomic E-state index is -3.77. The normalized spacial score (nSPS) is 24.4. The van der Waals surface area contributed by atoms with Gasteiger partial charge in [-0.05, 0) is 37.4 Å². The second kappa shape index (κ2) is 4.93. The Morgan fingerprint density at radius 2 is 2.00 bits per heavy atom. The summed E-state index contributed by atoms with van der Waals surface area (Å²) in [6.07, 6.45) is 2.00. The molecule has 1 aromatic carbocycles. The van der Waals surface area contributed by atoms with E-state index >= 15 is 0 Å². The Labute approximate surface area is 105 Å². The first kappa shape index (κ1) is 13.4. The molecule has 1 saturated carbocycles. The maximum absolute atomic E-state index is 13.6. The van der Waals surface area contributed by atoms with Crippen LogP contribution in [0.3, 0.4) is 0 Å². The minimum absolute atomic E-state index is 0.139. The molecular formula is C12H15F2NO2S. The van der Waals surface area contributed by atoms with E-state index < -0.39 is 31.6 Å². The highest BCUT2D eigenvalue weighted by Crippen LogP contribution is 2.34. The fraction of sp³-hybridized carbons (Fsp3) is 0.500. The van der Waals surface area contributed by atoms with E-state index in [-0.39, 0.29) is 12.5 Å². The molecule has 0 heterocycles. The monoisotopic (exact) mass is 275 g/mol. The van der Waals surface area contributed by atoms with Gasteiger partial charge in [-0.1, -0.05) is 6.42 Å². The second-order valence-corrected chi connectivity index (χ2v) is 6.72. The van der Waals surface area contributed by atoms with Crippen molar-refractivity contribution in [3.8, 4) is 0 Å². The van der Waals surface area contributed by atoms with E-state index in [1.807, 2.05) is 0 Å². The molecule has 0 spiro atoms. The molecule has 2 atom stereocenters. The molecule has 2 rings (SSSR count). The lowest BCUT2D eigenvalue weighted by Crippen LogP contribution is -2.30. The molecule has 1 fully saturated rings. The van der Waals surface area contributed by atoms with Crippen LogP contribution in [0.1, 0.15) is 19.3 Å². The summed E-state index contributed by atoms with van der Waals surface area (Å²) < 4.78 is 51.0. The van der Waals surface area contributed by atoms with Gasteiger partial charge in [-0.15, -0.1) is 0 Å². The standard InChI is InChI=1S/C12H15F2NO2S/c13-9-4-5-12(10(14)6-9)18(16,17)11-3-1-2-8(11)7-15/h4-6,8,11H,1-3,7,15H2. The maximum atomic E-state index is 13.6. The quantitative estimate of drug-likeness (QED) is 0.857. The molecule has 2 N–H and O–H groups in total. The molecule has 1 aliphatic carbocycles. The first-order chi connectivity index (χ1) is 8.46. The Morgan fingerprint density at radius 1 is 1.28 bits per heavy atom. The van der Waals surface area contributed by atoms with Gasteiger partial charge in [0.15, 0.2) is 9.84 Å². The van der Waals surface area contributed by atoms with Crippen LogP contribution >= 0.6 is 0 Å². The number of halogens is 2. The van der Waals surface area contributed by atoms with E-state index in [2.05, 4.69) is 0 Å². The van der Waals surface area contributed by atoms with E-state index in [1.54, 1.807) is 0 Å². The predicted molar refractivity (Wildman–Crippen MR) is 63.7 cm³/mol. The van der Waals surface area contributed by atoms with Gasteiger partial charge in [-0.2, -0.15) is 0 Å². The SMILES string of the molecule is NCC1CCCC1S(=O)(=O)c1ccc(F)cc1F. The Morgan fingerprint density at radius 3 is 2.61 bits per heavy atom. The highest BCUT2D eigenvalue weighted by Gasteiger charge is 2.38. The zero-order valence-corrected chi connectivity index (χ0v) is 10.6. The molecule has 3 nitrogen and oxygen atoms in total. The number of benzene rings is 1. The lowest BCUT2D eigenvalue weighted by atomic mass is 10.1. The van der Waals surface area contributed by atoms with E-state index in [0.29, 0.717) is 12.5 Å². The molecule has 0 aliphatic heterocycles. The van der Waals surface area contributed by atoms with Crippen molar-refractivity contribution in [1.29, 1.82) is 0 Å². The van der Waals surface area contributed by atoms with Gasteiger partial charge in [0.1, 0.15) is 16.5 Å². The van der Waals surface area contributed by atoms with Crippen LogP contribution in [0.5, 0.6) is 0 Å². The molecular weight excluding hydrogens is 260 g/mol.